The van der Waals surface area contributed by atoms with E-state index in [4.69, 9.17) is 0 Å². The van der Waals surface area contributed by atoms with Gasteiger partial charge in [0.1, 0.15) is 0 Å². The summed E-state index contributed by atoms with van der Waals surface area (Å²) in [7, 11) is 1.59. The van der Waals surface area contributed by atoms with E-state index >= 15 is 0 Å². The number of nitrogens with zero attached hydrogens (tertiary/aromatic N) is 1. The third kappa shape index (κ3) is 2.30. The molecule has 0 aliphatic heterocycles. The first-order valence-electron chi connectivity index (χ1n) is 2.45. The third-order valence-electron chi connectivity index (χ3n) is 0.868. The molecule has 4 nitrogen and oxygen atoms in total. The number of nitrogens with one attached hydrogen (secondary N) is 2. The molecule has 10 heavy (non-hydrogen) atoms. The molecule has 2 N–H and O–H groups in total. The standard InChI is InChI=1S/C5H6N3O.Re/c1-6-5-7-3-2-4(9)8-5;/h3H,1H3,(H2,6,7,8,9);/q-1;. The summed E-state index contributed by atoms with van der Waals surface area (Å²) in [6.45, 7) is 0. The molecule has 0 amide bonds. The molecule has 0 saturated heterocycles. The van der Waals surface area contributed by atoms with Crippen LogP contribution in [0.5, 0.6) is 0 Å². The minimum atomic E-state index is -0.269. The van der Waals surface area contributed by atoms with Gasteiger partial charge < -0.3 is 20.8 Å². The molecule has 55 valence electrons. The molecule has 1 rings (SSSR count). The predicted octanol–water partition coefficient (Wildman–Crippen LogP) is -0.969. The van der Waals surface area contributed by atoms with Crippen LogP contribution in [0.15, 0.2) is 16.0 Å². The minimum absolute atomic E-state index is 0. The van der Waals surface area contributed by atoms with E-state index in [9.17, 15) is 4.79 Å². The second-order valence-corrected chi connectivity index (χ2v) is 1.46. The largest absolute Gasteiger partial charge is 0.387 e. The maximum absolute atomic E-state index is 10.5. The van der Waals surface area contributed by atoms with Gasteiger partial charge in [-0.15, -0.1) is 0 Å². The number of aromatic amines is 2. The van der Waals surface area contributed by atoms with Gasteiger partial charge in [-0.2, -0.15) is 6.20 Å². The Labute approximate surface area is 71.1 Å². The molecule has 1 radical (unpaired) electrons. The molecular formula is C5H6N3ORe-. The van der Waals surface area contributed by atoms with Crippen molar-refractivity contribution in [3.05, 3.63) is 28.2 Å². The third-order valence-corrected chi connectivity index (χ3v) is 0.868. The van der Waals surface area contributed by atoms with Gasteiger partial charge in [-0.3, -0.25) is 4.99 Å². The normalized spacial score (nSPS) is 10.7. The Morgan fingerprint density at radius 3 is 2.80 bits per heavy atom. The second-order valence-electron chi connectivity index (χ2n) is 1.46. The monoisotopic (exact) mass is 311 g/mol. The molecule has 0 atom stereocenters. The first-order chi connectivity index (χ1) is 4.33. The first-order valence-corrected chi connectivity index (χ1v) is 2.45. The topological polar surface area (TPSA) is 61.0 Å². The van der Waals surface area contributed by atoms with Crippen molar-refractivity contribution in [3.8, 4) is 0 Å². The van der Waals surface area contributed by atoms with Gasteiger partial charge in [0.15, 0.2) is 5.62 Å². The Balaban J connectivity index is 0.000000810. The molecule has 0 unspecified atom stereocenters. The average Bonchev–Trinajstić information content (AvgIpc) is 1.88. The zero-order valence-electron chi connectivity index (χ0n) is 5.31. The van der Waals surface area contributed by atoms with Gasteiger partial charge in [-0.05, 0) is 0 Å². The molecule has 0 aliphatic rings. The van der Waals surface area contributed by atoms with E-state index < -0.39 is 0 Å². The van der Waals surface area contributed by atoms with Crippen molar-refractivity contribution in [2.75, 3.05) is 7.05 Å². The van der Waals surface area contributed by atoms with Crippen LogP contribution >= 0.6 is 0 Å². The Bertz CT molecular complexity index is 300. The van der Waals surface area contributed by atoms with E-state index in [1.807, 2.05) is 0 Å². The second kappa shape index (κ2) is 4.20. The smallest absolute Gasteiger partial charge is 0.197 e. The van der Waals surface area contributed by atoms with Crippen LogP contribution in [-0.2, 0) is 20.4 Å². The molecule has 0 bridgehead atoms. The van der Waals surface area contributed by atoms with Crippen LogP contribution < -0.4 is 11.2 Å². The summed E-state index contributed by atoms with van der Waals surface area (Å²) in [5, 5.41) is 0. The van der Waals surface area contributed by atoms with Crippen molar-refractivity contribution >= 4 is 0 Å². The zero-order valence-corrected chi connectivity index (χ0v) is 8.03. The maximum atomic E-state index is 10.5. The van der Waals surface area contributed by atoms with Crippen molar-refractivity contribution in [1.29, 1.82) is 0 Å². The minimum Gasteiger partial charge on any atom is -0.387 e. The van der Waals surface area contributed by atoms with E-state index in [0.29, 0.717) is 5.62 Å². The van der Waals surface area contributed by atoms with Gasteiger partial charge in [-0.1, -0.05) is 0 Å². The molecule has 0 aliphatic carbocycles. The summed E-state index contributed by atoms with van der Waals surface area (Å²) in [6.07, 6.45) is 1.42. The van der Waals surface area contributed by atoms with E-state index in [1.54, 1.807) is 7.05 Å². The number of rotatable bonds is 0. The molecule has 0 aromatic carbocycles. The predicted molar refractivity (Wildman–Crippen MR) is 31.7 cm³/mol. The van der Waals surface area contributed by atoms with Crippen LogP contribution in [-0.4, -0.2) is 17.0 Å². The van der Waals surface area contributed by atoms with Crippen LogP contribution in [0, 0.1) is 6.07 Å². The molecule has 1 aromatic heterocycles. The molecule has 0 fully saturated rings. The fourth-order valence-electron chi connectivity index (χ4n) is 0.470. The molecule has 1 heterocycles. The molecular weight excluding hydrogens is 304 g/mol. The van der Waals surface area contributed by atoms with E-state index in [0.717, 1.165) is 0 Å². The van der Waals surface area contributed by atoms with Crippen molar-refractivity contribution in [2.24, 2.45) is 4.99 Å². The average molecular weight is 310 g/mol. The summed E-state index contributed by atoms with van der Waals surface area (Å²) >= 11 is 0. The van der Waals surface area contributed by atoms with Gasteiger partial charge >= 0.3 is 0 Å². The summed E-state index contributed by atoms with van der Waals surface area (Å²) in [4.78, 5) is 19.3. The number of hydrogen-bond acceptors (Lipinski definition) is 2. The number of aromatic nitrogens is 2. The van der Waals surface area contributed by atoms with E-state index in [2.05, 4.69) is 21.0 Å². The van der Waals surface area contributed by atoms with Gasteiger partial charge in [0, 0.05) is 27.5 Å². The SMILES string of the molecule is CN=c1[nH]c[c-]c(=O)[nH]1.[Re]. The number of hydrogen-bond donors (Lipinski definition) is 2. The van der Waals surface area contributed by atoms with Crippen LogP contribution in [0.1, 0.15) is 0 Å². The molecule has 5 heteroatoms. The van der Waals surface area contributed by atoms with Crippen LogP contribution in [0.4, 0.5) is 0 Å². The Morgan fingerprint density at radius 2 is 2.40 bits per heavy atom. The van der Waals surface area contributed by atoms with Gasteiger partial charge in [0.05, 0.1) is 5.56 Å². The van der Waals surface area contributed by atoms with E-state index in [1.165, 1.54) is 6.20 Å². The first kappa shape index (κ1) is 9.34. The fourth-order valence-corrected chi connectivity index (χ4v) is 0.470. The van der Waals surface area contributed by atoms with Crippen molar-refractivity contribution < 1.29 is 20.4 Å². The molecule has 1 aromatic rings. The quantitative estimate of drug-likeness (QED) is 0.595. The van der Waals surface area contributed by atoms with Crippen LogP contribution in [0.25, 0.3) is 0 Å². The van der Waals surface area contributed by atoms with Gasteiger partial charge in [-0.25, -0.2) is 0 Å². The van der Waals surface area contributed by atoms with Crippen molar-refractivity contribution in [3.63, 3.8) is 0 Å². The van der Waals surface area contributed by atoms with E-state index in [-0.39, 0.29) is 26.0 Å². The fraction of sp³-hybridized carbons (Fsp3) is 0.200. The van der Waals surface area contributed by atoms with Crippen molar-refractivity contribution in [2.45, 2.75) is 0 Å². The number of H-pyrrole nitrogens is 2. The Hall–Kier alpha value is -0.658. The summed E-state index contributed by atoms with van der Waals surface area (Å²) < 4.78 is 0. The van der Waals surface area contributed by atoms with Crippen LogP contribution in [0.3, 0.4) is 0 Å². The van der Waals surface area contributed by atoms with Crippen molar-refractivity contribution in [1.82, 2.24) is 9.97 Å². The van der Waals surface area contributed by atoms with Gasteiger partial charge in [0.25, 0.3) is 0 Å². The van der Waals surface area contributed by atoms with Crippen LogP contribution in [0.2, 0.25) is 0 Å². The Kier molecular flexibility index (Phi) is 3.93. The Morgan fingerprint density at radius 1 is 1.70 bits per heavy atom. The maximum Gasteiger partial charge on any atom is 0.197 e. The molecule has 0 spiro atoms. The van der Waals surface area contributed by atoms with Gasteiger partial charge in [0.2, 0.25) is 0 Å². The summed E-state index contributed by atoms with van der Waals surface area (Å²) in [5.74, 6) is 0. The summed E-state index contributed by atoms with van der Waals surface area (Å²) in [6, 6.07) is 2.38. The molecule has 0 saturated carbocycles. The zero-order chi connectivity index (χ0) is 6.69. The summed E-state index contributed by atoms with van der Waals surface area (Å²) in [5.41, 5.74) is 0.188.